The molecule has 1 aromatic heterocycles. The van der Waals surface area contributed by atoms with Crippen molar-refractivity contribution in [3.8, 4) is 11.3 Å². The number of rotatable bonds is 8. The van der Waals surface area contributed by atoms with Crippen LogP contribution in [0.2, 0.25) is 0 Å². The van der Waals surface area contributed by atoms with Crippen molar-refractivity contribution in [1.29, 1.82) is 0 Å². The number of hydrogen-bond donors (Lipinski definition) is 4. The van der Waals surface area contributed by atoms with Gasteiger partial charge in [0.25, 0.3) is 11.8 Å². The number of carboxylic acid groups (broad SMARTS) is 1. The minimum Gasteiger partial charge on any atom is -0.480 e. The highest BCUT2D eigenvalue weighted by Gasteiger charge is 2.26. The lowest BCUT2D eigenvalue weighted by Gasteiger charge is -2.16. The van der Waals surface area contributed by atoms with Crippen LogP contribution in [0.1, 0.15) is 36.1 Å². The fourth-order valence-electron chi connectivity index (χ4n) is 2.97. The van der Waals surface area contributed by atoms with E-state index in [9.17, 15) is 24.6 Å². The summed E-state index contributed by atoms with van der Waals surface area (Å²) in [5, 5.41) is 28.3. The van der Waals surface area contributed by atoms with E-state index < -0.39 is 29.9 Å². The van der Waals surface area contributed by atoms with Crippen LogP contribution in [0.25, 0.3) is 11.3 Å². The van der Waals surface area contributed by atoms with E-state index >= 15 is 0 Å². The standard InChI is InChI=1S/C23H23N3O6/c1-13(2)19(23(30)31)25-21(28)18-12-17(26-32-18)14-8-10-16(11-9-14)24-22(29)20(27)15-6-4-3-5-7-15/h3-13,19-20,27H,1-2H3,(H,24,29)(H,25,28)(H,30,31)/t19-,20+/m0/s1. The molecule has 0 spiro atoms. The number of nitrogens with zero attached hydrogens (tertiary/aromatic N) is 1. The summed E-state index contributed by atoms with van der Waals surface area (Å²) < 4.78 is 5.06. The first-order valence-electron chi connectivity index (χ1n) is 9.91. The Morgan fingerprint density at radius 1 is 1.00 bits per heavy atom. The lowest BCUT2D eigenvalue weighted by Crippen LogP contribution is -2.44. The molecule has 166 valence electrons. The predicted molar refractivity (Wildman–Crippen MR) is 116 cm³/mol. The van der Waals surface area contributed by atoms with Crippen LogP contribution in [0.5, 0.6) is 0 Å². The molecule has 0 saturated carbocycles. The Bertz CT molecular complexity index is 1090. The van der Waals surface area contributed by atoms with Crippen LogP contribution in [0.3, 0.4) is 0 Å². The molecule has 32 heavy (non-hydrogen) atoms. The first-order chi connectivity index (χ1) is 15.3. The number of aromatic nitrogens is 1. The van der Waals surface area contributed by atoms with Crippen LogP contribution in [0.4, 0.5) is 5.69 Å². The second-order valence-electron chi connectivity index (χ2n) is 7.49. The normalized spacial score (nSPS) is 12.8. The van der Waals surface area contributed by atoms with Crippen LogP contribution in [-0.4, -0.2) is 39.2 Å². The first-order valence-corrected chi connectivity index (χ1v) is 9.91. The third-order valence-electron chi connectivity index (χ3n) is 4.77. The molecule has 2 aromatic carbocycles. The molecule has 0 fully saturated rings. The Hall–Kier alpha value is -3.98. The summed E-state index contributed by atoms with van der Waals surface area (Å²) in [5.41, 5.74) is 1.94. The van der Waals surface area contributed by atoms with Gasteiger partial charge < -0.3 is 25.4 Å². The Balaban J connectivity index is 1.65. The number of carboxylic acids is 1. The molecule has 0 aliphatic rings. The number of aliphatic carboxylic acids is 1. The maximum Gasteiger partial charge on any atom is 0.326 e. The first kappa shape index (κ1) is 22.7. The van der Waals surface area contributed by atoms with Gasteiger partial charge >= 0.3 is 5.97 Å². The second-order valence-corrected chi connectivity index (χ2v) is 7.49. The van der Waals surface area contributed by atoms with Crippen molar-refractivity contribution in [2.75, 3.05) is 5.32 Å². The molecule has 4 N–H and O–H groups in total. The molecule has 1 heterocycles. The van der Waals surface area contributed by atoms with Crippen molar-refractivity contribution in [2.45, 2.75) is 26.0 Å². The van der Waals surface area contributed by atoms with Gasteiger partial charge in [0.2, 0.25) is 5.76 Å². The molecular weight excluding hydrogens is 414 g/mol. The number of aliphatic hydroxyl groups is 1. The molecule has 9 nitrogen and oxygen atoms in total. The molecule has 2 atom stereocenters. The number of nitrogens with one attached hydrogen (secondary N) is 2. The number of anilines is 1. The van der Waals surface area contributed by atoms with Gasteiger partial charge in [-0.15, -0.1) is 0 Å². The van der Waals surface area contributed by atoms with E-state index in [1.165, 1.54) is 6.07 Å². The summed E-state index contributed by atoms with van der Waals surface area (Å²) in [6, 6.07) is 15.5. The van der Waals surface area contributed by atoms with Crippen molar-refractivity contribution in [3.63, 3.8) is 0 Å². The Morgan fingerprint density at radius 3 is 2.25 bits per heavy atom. The number of carbonyl (C=O) groups excluding carboxylic acids is 2. The summed E-state index contributed by atoms with van der Waals surface area (Å²) in [6.45, 7) is 3.37. The lowest BCUT2D eigenvalue weighted by molar-refractivity contribution is -0.140. The van der Waals surface area contributed by atoms with E-state index in [1.807, 2.05) is 0 Å². The predicted octanol–water partition coefficient (Wildman–Crippen LogP) is 2.85. The van der Waals surface area contributed by atoms with Gasteiger partial charge in [0.15, 0.2) is 6.10 Å². The third kappa shape index (κ3) is 5.38. The highest BCUT2D eigenvalue weighted by molar-refractivity contribution is 5.96. The molecule has 2 amide bonds. The molecule has 3 aromatic rings. The number of hydrogen-bond acceptors (Lipinski definition) is 6. The largest absolute Gasteiger partial charge is 0.480 e. The molecule has 3 rings (SSSR count). The van der Waals surface area contributed by atoms with Crippen LogP contribution in [-0.2, 0) is 9.59 Å². The fraction of sp³-hybridized carbons (Fsp3) is 0.217. The zero-order valence-electron chi connectivity index (χ0n) is 17.5. The lowest BCUT2D eigenvalue weighted by atomic mass is 10.0. The highest BCUT2D eigenvalue weighted by Crippen LogP contribution is 2.22. The summed E-state index contributed by atoms with van der Waals surface area (Å²) in [4.78, 5) is 35.8. The summed E-state index contributed by atoms with van der Waals surface area (Å²) >= 11 is 0. The highest BCUT2D eigenvalue weighted by atomic mass is 16.5. The van der Waals surface area contributed by atoms with Gasteiger partial charge in [0.05, 0.1) is 0 Å². The molecule has 0 saturated heterocycles. The molecule has 9 heteroatoms. The monoisotopic (exact) mass is 437 g/mol. The maximum absolute atomic E-state index is 12.3. The number of carbonyl (C=O) groups is 3. The molecule has 0 unspecified atom stereocenters. The zero-order valence-corrected chi connectivity index (χ0v) is 17.5. The van der Waals surface area contributed by atoms with E-state index in [1.54, 1.807) is 68.4 Å². The fourth-order valence-corrected chi connectivity index (χ4v) is 2.97. The van der Waals surface area contributed by atoms with Crippen molar-refractivity contribution in [1.82, 2.24) is 10.5 Å². The quantitative estimate of drug-likeness (QED) is 0.424. The summed E-state index contributed by atoms with van der Waals surface area (Å²) in [5.74, 6) is -2.80. The van der Waals surface area contributed by atoms with Gasteiger partial charge in [0.1, 0.15) is 11.7 Å². The average molecular weight is 437 g/mol. The van der Waals surface area contributed by atoms with Gasteiger partial charge in [-0.25, -0.2) is 4.79 Å². The van der Waals surface area contributed by atoms with E-state index in [0.29, 0.717) is 22.5 Å². The van der Waals surface area contributed by atoms with Gasteiger partial charge in [-0.1, -0.05) is 61.5 Å². The van der Waals surface area contributed by atoms with E-state index in [-0.39, 0.29) is 11.7 Å². The zero-order chi connectivity index (χ0) is 23.3. The van der Waals surface area contributed by atoms with Crippen LogP contribution < -0.4 is 10.6 Å². The molecule has 0 bridgehead atoms. The third-order valence-corrected chi connectivity index (χ3v) is 4.77. The smallest absolute Gasteiger partial charge is 0.326 e. The molecule has 0 aliphatic carbocycles. The average Bonchev–Trinajstić information content (AvgIpc) is 3.28. The Labute approximate surface area is 184 Å². The maximum atomic E-state index is 12.3. The van der Waals surface area contributed by atoms with E-state index in [0.717, 1.165) is 0 Å². The van der Waals surface area contributed by atoms with Crippen molar-refractivity contribution < 1.29 is 29.1 Å². The topological polar surface area (TPSA) is 142 Å². The van der Waals surface area contributed by atoms with Gasteiger partial charge in [-0.2, -0.15) is 0 Å². The number of aliphatic hydroxyl groups excluding tert-OH is 1. The van der Waals surface area contributed by atoms with Crippen molar-refractivity contribution >= 4 is 23.5 Å². The number of amides is 2. The van der Waals surface area contributed by atoms with Crippen LogP contribution >= 0.6 is 0 Å². The molecule has 0 radical (unpaired) electrons. The SMILES string of the molecule is CC(C)[C@H](NC(=O)c1cc(-c2ccc(NC(=O)[C@H](O)c3ccccc3)cc2)no1)C(=O)O. The van der Waals surface area contributed by atoms with Crippen molar-refractivity contribution in [3.05, 3.63) is 72.0 Å². The van der Waals surface area contributed by atoms with Gasteiger partial charge in [-0.3, -0.25) is 9.59 Å². The van der Waals surface area contributed by atoms with Crippen LogP contribution in [0.15, 0.2) is 65.2 Å². The summed E-state index contributed by atoms with van der Waals surface area (Å²) in [6.07, 6.45) is -1.30. The van der Waals surface area contributed by atoms with E-state index in [4.69, 9.17) is 4.52 Å². The van der Waals surface area contributed by atoms with Gasteiger partial charge in [0, 0.05) is 17.3 Å². The number of benzene rings is 2. The molecule has 0 aliphatic heterocycles. The minimum atomic E-state index is -1.30. The molecular formula is C23H23N3O6. The summed E-state index contributed by atoms with van der Waals surface area (Å²) in [7, 11) is 0. The Morgan fingerprint density at radius 2 is 1.66 bits per heavy atom. The van der Waals surface area contributed by atoms with Gasteiger partial charge in [-0.05, 0) is 23.6 Å². The van der Waals surface area contributed by atoms with Crippen molar-refractivity contribution in [2.24, 2.45) is 5.92 Å². The Kier molecular flexibility index (Phi) is 7.01. The van der Waals surface area contributed by atoms with Crippen LogP contribution in [0, 0.1) is 5.92 Å². The second kappa shape index (κ2) is 9.88. The minimum absolute atomic E-state index is 0.115. The van der Waals surface area contributed by atoms with E-state index in [2.05, 4.69) is 15.8 Å².